The molecule has 0 spiro atoms. The number of carbonyl (C=O) groups is 1. The summed E-state index contributed by atoms with van der Waals surface area (Å²) in [4.78, 5) is 16.0. The molecule has 2 aliphatic heterocycles. The predicted molar refractivity (Wildman–Crippen MR) is 67.6 cm³/mol. The van der Waals surface area contributed by atoms with E-state index in [0.29, 0.717) is 32.8 Å². The number of morpholine rings is 2. The van der Waals surface area contributed by atoms with Crippen molar-refractivity contribution in [2.45, 2.75) is 13.0 Å². The largest absolute Gasteiger partial charge is 0.378 e. The second kappa shape index (κ2) is 6.92. The van der Waals surface area contributed by atoms with Gasteiger partial charge in [0.2, 0.25) is 0 Å². The molecular formula is C12H23N3O3. The summed E-state index contributed by atoms with van der Waals surface area (Å²) in [5.74, 6) is 0. The number of carbonyl (C=O) groups excluding carboxylic acids is 1. The Labute approximate surface area is 108 Å². The molecule has 0 saturated carbocycles. The standard InChI is InChI=1S/C12H23N3O3/c1-2-14-3-8-18-11(10-14)9-13-12(16)15-4-6-17-7-5-15/h11H,2-10H2,1H3,(H,13,16). The molecule has 104 valence electrons. The minimum Gasteiger partial charge on any atom is -0.378 e. The van der Waals surface area contributed by atoms with Gasteiger partial charge in [0.15, 0.2) is 0 Å². The average molecular weight is 257 g/mol. The summed E-state index contributed by atoms with van der Waals surface area (Å²) in [6, 6.07) is -0.00415. The molecule has 2 rings (SSSR count). The molecule has 0 radical (unpaired) electrons. The Hall–Kier alpha value is -0.850. The predicted octanol–water partition coefficient (Wildman–Crippen LogP) is -0.251. The second-order valence-electron chi connectivity index (χ2n) is 4.67. The van der Waals surface area contributed by atoms with Gasteiger partial charge >= 0.3 is 6.03 Å². The van der Waals surface area contributed by atoms with Crippen LogP contribution in [-0.4, -0.2) is 81.0 Å². The maximum atomic E-state index is 11.9. The van der Waals surface area contributed by atoms with E-state index in [1.807, 2.05) is 0 Å². The van der Waals surface area contributed by atoms with Gasteiger partial charge in [0.1, 0.15) is 0 Å². The Bertz CT molecular complexity index is 269. The van der Waals surface area contributed by atoms with E-state index < -0.39 is 0 Å². The fourth-order valence-corrected chi connectivity index (χ4v) is 2.27. The summed E-state index contributed by atoms with van der Waals surface area (Å²) in [6.07, 6.45) is 0.115. The van der Waals surface area contributed by atoms with Gasteiger partial charge in [0.25, 0.3) is 0 Å². The lowest BCUT2D eigenvalue weighted by molar-refractivity contribution is -0.0249. The molecule has 2 heterocycles. The molecule has 2 amide bonds. The van der Waals surface area contributed by atoms with E-state index in [-0.39, 0.29) is 12.1 Å². The summed E-state index contributed by atoms with van der Waals surface area (Å²) < 4.78 is 10.9. The van der Waals surface area contributed by atoms with Gasteiger partial charge < -0.3 is 19.7 Å². The van der Waals surface area contributed by atoms with E-state index in [1.165, 1.54) is 0 Å². The SMILES string of the molecule is CCN1CCOC(CNC(=O)N2CCOCC2)C1. The van der Waals surface area contributed by atoms with Crippen molar-refractivity contribution in [2.75, 3.05) is 59.1 Å². The molecule has 2 saturated heterocycles. The lowest BCUT2D eigenvalue weighted by atomic mass is 10.2. The number of nitrogens with zero attached hydrogens (tertiary/aromatic N) is 2. The highest BCUT2D eigenvalue weighted by atomic mass is 16.5. The van der Waals surface area contributed by atoms with Crippen molar-refractivity contribution in [1.82, 2.24) is 15.1 Å². The number of hydrogen-bond donors (Lipinski definition) is 1. The van der Waals surface area contributed by atoms with Crippen LogP contribution in [0.4, 0.5) is 4.79 Å². The number of amides is 2. The zero-order valence-corrected chi connectivity index (χ0v) is 11.1. The van der Waals surface area contributed by atoms with E-state index in [4.69, 9.17) is 9.47 Å². The van der Waals surface area contributed by atoms with Crippen LogP contribution in [-0.2, 0) is 9.47 Å². The fourth-order valence-electron chi connectivity index (χ4n) is 2.27. The van der Waals surface area contributed by atoms with Crippen LogP contribution in [0.15, 0.2) is 0 Å². The highest BCUT2D eigenvalue weighted by Gasteiger charge is 2.21. The third-order valence-electron chi connectivity index (χ3n) is 3.45. The van der Waals surface area contributed by atoms with Crippen LogP contribution in [0.25, 0.3) is 0 Å². The molecule has 0 aromatic carbocycles. The van der Waals surface area contributed by atoms with E-state index in [2.05, 4.69) is 17.1 Å². The number of rotatable bonds is 3. The molecule has 6 heteroatoms. The van der Waals surface area contributed by atoms with Crippen molar-refractivity contribution in [3.8, 4) is 0 Å². The average Bonchev–Trinajstić information content (AvgIpc) is 2.46. The van der Waals surface area contributed by atoms with Gasteiger partial charge in [-0.2, -0.15) is 0 Å². The first-order valence-electron chi connectivity index (χ1n) is 6.74. The monoisotopic (exact) mass is 257 g/mol. The summed E-state index contributed by atoms with van der Waals surface area (Å²) in [5, 5.41) is 2.95. The maximum Gasteiger partial charge on any atom is 0.317 e. The van der Waals surface area contributed by atoms with Crippen LogP contribution < -0.4 is 5.32 Å². The Morgan fingerprint density at radius 2 is 2.06 bits per heavy atom. The molecule has 1 atom stereocenters. The van der Waals surface area contributed by atoms with Crippen molar-refractivity contribution in [3.05, 3.63) is 0 Å². The van der Waals surface area contributed by atoms with Gasteiger partial charge in [-0.1, -0.05) is 6.92 Å². The third-order valence-corrected chi connectivity index (χ3v) is 3.45. The number of nitrogens with one attached hydrogen (secondary N) is 1. The molecule has 0 aromatic heterocycles. The van der Waals surface area contributed by atoms with Gasteiger partial charge in [-0.25, -0.2) is 4.79 Å². The Morgan fingerprint density at radius 1 is 1.28 bits per heavy atom. The van der Waals surface area contributed by atoms with Crippen molar-refractivity contribution in [3.63, 3.8) is 0 Å². The van der Waals surface area contributed by atoms with Crippen molar-refractivity contribution in [2.24, 2.45) is 0 Å². The second-order valence-corrected chi connectivity index (χ2v) is 4.67. The van der Waals surface area contributed by atoms with Gasteiger partial charge in [0.05, 0.1) is 25.9 Å². The minimum absolute atomic E-state index is 0.00415. The maximum absolute atomic E-state index is 11.9. The van der Waals surface area contributed by atoms with E-state index >= 15 is 0 Å². The minimum atomic E-state index is -0.00415. The topological polar surface area (TPSA) is 54.0 Å². The molecular weight excluding hydrogens is 234 g/mol. The van der Waals surface area contributed by atoms with Crippen LogP contribution in [0, 0.1) is 0 Å². The molecule has 18 heavy (non-hydrogen) atoms. The Balaban J connectivity index is 1.68. The van der Waals surface area contributed by atoms with Crippen LogP contribution in [0.5, 0.6) is 0 Å². The van der Waals surface area contributed by atoms with Crippen molar-refractivity contribution in [1.29, 1.82) is 0 Å². The summed E-state index contributed by atoms with van der Waals surface area (Å²) in [7, 11) is 0. The molecule has 2 aliphatic rings. The Morgan fingerprint density at radius 3 is 2.78 bits per heavy atom. The molecule has 1 unspecified atom stereocenters. The summed E-state index contributed by atoms with van der Waals surface area (Å²) in [5.41, 5.74) is 0. The molecule has 0 aliphatic carbocycles. The fraction of sp³-hybridized carbons (Fsp3) is 0.917. The van der Waals surface area contributed by atoms with E-state index in [9.17, 15) is 4.79 Å². The molecule has 2 fully saturated rings. The molecule has 6 nitrogen and oxygen atoms in total. The molecule has 0 bridgehead atoms. The molecule has 0 aromatic rings. The number of ether oxygens (including phenoxy) is 2. The first kappa shape index (κ1) is 13.6. The van der Waals surface area contributed by atoms with Gasteiger partial charge in [0, 0.05) is 32.7 Å². The van der Waals surface area contributed by atoms with Crippen molar-refractivity contribution >= 4 is 6.03 Å². The van der Waals surface area contributed by atoms with Crippen LogP contribution in [0.3, 0.4) is 0 Å². The molecule has 1 N–H and O–H groups in total. The highest BCUT2D eigenvalue weighted by Crippen LogP contribution is 2.04. The highest BCUT2D eigenvalue weighted by molar-refractivity contribution is 5.74. The lowest BCUT2D eigenvalue weighted by Crippen LogP contribution is -2.51. The van der Waals surface area contributed by atoms with Crippen LogP contribution in [0.2, 0.25) is 0 Å². The summed E-state index contributed by atoms with van der Waals surface area (Å²) in [6.45, 7) is 9.06. The third kappa shape index (κ3) is 3.83. The van der Waals surface area contributed by atoms with Crippen LogP contribution in [0.1, 0.15) is 6.92 Å². The normalized spacial score (nSPS) is 26.1. The Kier molecular flexibility index (Phi) is 5.22. The zero-order chi connectivity index (χ0) is 12.8. The lowest BCUT2D eigenvalue weighted by Gasteiger charge is -2.33. The van der Waals surface area contributed by atoms with E-state index in [0.717, 1.165) is 26.2 Å². The zero-order valence-electron chi connectivity index (χ0n) is 11.1. The van der Waals surface area contributed by atoms with E-state index in [1.54, 1.807) is 4.90 Å². The smallest absolute Gasteiger partial charge is 0.317 e. The number of hydrogen-bond acceptors (Lipinski definition) is 4. The number of urea groups is 1. The van der Waals surface area contributed by atoms with Gasteiger partial charge in [-0.3, -0.25) is 4.90 Å². The quantitative estimate of drug-likeness (QED) is 0.757. The first-order chi connectivity index (χ1) is 8.79. The summed E-state index contributed by atoms with van der Waals surface area (Å²) >= 11 is 0. The number of likely N-dealkylation sites (N-methyl/N-ethyl adjacent to an activating group) is 1. The first-order valence-corrected chi connectivity index (χ1v) is 6.74. The van der Waals surface area contributed by atoms with Gasteiger partial charge in [-0.15, -0.1) is 0 Å². The van der Waals surface area contributed by atoms with Crippen molar-refractivity contribution < 1.29 is 14.3 Å². The van der Waals surface area contributed by atoms with Gasteiger partial charge in [-0.05, 0) is 6.54 Å². The van der Waals surface area contributed by atoms with Crippen LogP contribution >= 0.6 is 0 Å².